The Morgan fingerprint density at radius 3 is 1.98 bits per heavy atom. The third kappa shape index (κ3) is 7.98. The van der Waals surface area contributed by atoms with Crippen molar-refractivity contribution < 1.29 is 30.0 Å². The number of nitrogens with zero attached hydrogens (tertiary/aromatic N) is 1. The first-order valence-corrected chi connectivity index (χ1v) is 17.9. The molecule has 0 unspecified atom stereocenters. The van der Waals surface area contributed by atoms with Crippen LogP contribution in [0.2, 0.25) is 0 Å². The number of aromatic nitrogens is 1. The molecule has 255 valence electrons. The fourth-order valence-corrected chi connectivity index (χ4v) is 7.91. The van der Waals surface area contributed by atoms with E-state index in [1.165, 1.54) is 59.4 Å². The number of allylic oxidation sites excluding steroid dienone is 2. The Kier molecular flexibility index (Phi) is 12.1. The topological polar surface area (TPSA) is 50.2 Å². The van der Waals surface area contributed by atoms with Gasteiger partial charge in [-0.1, -0.05) is 94.4 Å². The van der Waals surface area contributed by atoms with Crippen molar-refractivity contribution in [2.75, 3.05) is 0 Å². The predicted octanol–water partition coefficient (Wildman–Crippen LogP) is 11.1. The van der Waals surface area contributed by atoms with Gasteiger partial charge in [0.15, 0.2) is 5.78 Å². The molecule has 0 aliphatic heterocycles. The summed E-state index contributed by atoms with van der Waals surface area (Å²) >= 11 is 0. The first kappa shape index (κ1) is 36.4. The van der Waals surface area contributed by atoms with Crippen molar-refractivity contribution in [3.05, 3.63) is 137 Å². The molecule has 2 aliphatic carbocycles. The van der Waals surface area contributed by atoms with Crippen molar-refractivity contribution in [1.29, 1.82) is 0 Å². The summed E-state index contributed by atoms with van der Waals surface area (Å²) in [4.78, 5) is 16.7. The van der Waals surface area contributed by atoms with Gasteiger partial charge in [0.05, 0.1) is 11.3 Å². The van der Waals surface area contributed by atoms with Crippen molar-refractivity contribution >= 4 is 16.7 Å². The SMILES string of the molecule is CCC(CC)C(=O)/C=C(\O)C(CC)CC.[Ir].[c-]1ccccc1-c1cc(-c2ccc3c(c2)CC2(Cc4ccccc4C2)C3)c2ccccc2n1. The molecule has 1 heterocycles. The van der Waals surface area contributed by atoms with Crippen LogP contribution in [0.4, 0.5) is 0 Å². The van der Waals surface area contributed by atoms with Gasteiger partial charge in [-0.3, -0.25) is 9.78 Å². The summed E-state index contributed by atoms with van der Waals surface area (Å²) in [7, 11) is 0. The number of carbonyl (C=O) groups is 1. The monoisotopic (exact) mass is 827 g/mol. The van der Waals surface area contributed by atoms with Crippen LogP contribution in [0.3, 0.4) is 0 Å². The largest absolute Gasteiger partial charge is 0.512 e. The van der Waals surface area contributed by atoms with Crippen LogP contribution in [0.15, 0.2) is 109 Å². The smallest absolute Gasteiger partial charge is 0.162 e. The maximum atomic E-state index is 11.7. The van der Waals surface area contributed by atoms with Crippen LogP contribution in [0, 0.1) is 23.3 Å². The van der Waals surface area contributed by atoms with E-state index in [4.69, 9.17) is 4.98 Å². The van der Waals surface area contributed by atoms with Crippen LogP contribution in [-0.2, 0) is 50.6 Å². The van der Waals surface area contributed by atoms with Gasteiger partial charge >= 0.3 is 0 Å². The number of hydrogen-bond acceptors (Lipinski definition) is 3. The summed E-state index contributed by atoms with van der Waals surface area (Å²) in [5, 5.41) is 11.0. The molecular weight excluding hydrogens is 779 g/mol. The van der Waals surface area contributed by atoms with Gasteiger partial charge in [0.25, 0.3) is 0 Å². The number of hydrogen-bond donors (Lipinski definition) is 1. The molecule has 0 saturated heterocycles. The summed E-state index contributed by atoms with van der Waals surface area (Å²) in [6.07, 6.45) is 9.69. The van der Waals surface area contributed by atoms with Gasteiger partial charge in [-0.05, 0) is 102 Å². The number of pyridine rings is 1. The molecule has 3 nitrogen and oxygen atoms in total. The van der Waals surface area contributed by atoms with Crippen LogP contribution < -0.4 is 0 Å². The Labute approximate surface area is 306 Å². The molecule has 5 aromatic rings. The van der Waals surface area contributed by atoms with Gasteiger partial charge in [0, 0.05) is 43.4 Å². The zero-order chi connectivity index (χ0) is 33.7. The Morgan fingerprint density at radius 1 is 0.755 bits per heavy atom. The second-order valence-electron chi connectivity index (χ2n) is 13.8. The number of benzene rings is 4. The molecule has 0 atom stereocenters. The fraction of sp³-hybridized carbons (Fsp3) is 0.333. The number of carbonyl (C=O) groups excluding carboxylic acids is 1. The van der Waals surface area contributed by atoms with Gasteiger partial charge in [0.2, 0.25) is 0 Å². The van der Waals surface area contributed by atoms with Crippen LogP contribution in [0.25, 0.3) is 33.3 Å². The molecule has 4 heteroatoms. The maximum absolute atomic E-state index is 11.7. The molecule has 4 aromatic carbocycles. The molecule has 0 bridgehead atoms. The average molecular weight is 827 g/mol. The Balaban J connectivity index is 0.000000252. The molecule has 0 saturated carbocycles. The summed E-state index contributed by atoms with van der Waals surface area (Å²) < 4.78 is 0. The molecule has 1 aromatic heterocycles. The number of para-hydroxylation sites is 1. The van der Waals surface area contributed by atoms with Crippen molar-refractivity contribution in [2.45, 2.75) is 79.1 Å². The second-order valence-corrected chi connectivity index (χ2v) is 13.8. The summed E-state index contributed by atoms with van der Waals surface area (Å²) in [5.41, 5.74) is 12.1. The molecule has 0 fully saturated rings. The second kappa shape index (κ2) is 16.2. The number of aliphatic hydroxyl groups excluding tert-OH is 1. The minimum absolute atomic E-state index is 0. The van der Waals surface area contributed by atoms with Crippen LogP contribution in [-0.4, -0.2) is 15.9 Å². The molecule has 7 rings (SSSR count). The normalized spacial score (nSPS) is 14.4. The molecule has 2 aliphatic rings. The number of rotatable bonds is 9. The number of ketones is 1. The minimum atomic E-state index is 0. The maximum Gasteiger partial charge on any atom is 0.162 e. The zero-order valence-electron chi connectivity index (χ0n) is 29.3. The predicted molar refractivity (Wildman–Crippen MR) is 199 cm³/mol. The first-order valence-electron chi connectivity index (χ1n) is 17.9. The summed E-state index contributed by atoms with van der Waals surface area (Å²) in [6.45, 7) is 8.07. The minimum Gasteiger partial charge on any atom is -0.512 e. The quantitative estimate of drug-likeness (QED) is 0.0915. The van der Waals surface area contributed by atoms with E-state index in [1.807, 2.05) is 39.8 Å². The first-order chi connectivity index (χ1) is 23.4. The molecule has 1 N–H and O–H groups in total. The van der Waals surface area contributed by atoms with Gasteiger partial charge < -0.3 is 5.11 Å². The summed E-state index contributed by atoms with van der Waals surface area (Å²) in [5.74, 6) is 0.547. The van der Waals surface area contributed by atoms with E-state index in [0.29, 0.717) is 5.41 Å². The molecule has 0 amide bonds. The van der Waals surface area contributed by atoms with Gasteiger partial charge in [-0.15, -0.1) is 35.9 Å². The van der Waals surface area contributed by atoms with Crippen molar-refractivity contribution in [3.8, 4) is 22.4 Å². The van der Waals surface area contributed by atoms with Crippen LogP contribution >= 0.6 is 0 Å². The molecular formula is C45H48IrNO2-. The van der Waals surface area contributed by atoms with Crippen LogP contribution in [0.1, 0.15) is 75.6 Å². The molecule has 1 radical (unpaired) electrons. The molecule has 49 heavy (non-hydrogen) atoms. The van der Waals surface area contributed by atoms with Crippen LogP contribution in [0.5, 0.6) is 0 Å². The average Bonchev–Trinajstić information content (AvgIpc) is 3.66. The summed E-state index contributed by atoms with van der Waals surface area (Å²) in [6, 6.07) is 38.4. The molecule has 1 spiro atoms. The van der Waals surface area contributed by atoms with Gasteiger partial charge in [-0.25, -0.2) is 0 Å². The standard InChI is InChI=1S/C32H24N.C13H24O2.Ir/c1-2-8-22(9-3-1)31-17-29(28-12-6-7-13-30(28)33-31)23-14-15-26-20-32(21-27(26)16-23)18-24-10-4-5-11-25(24)19-32;1-5-10(6-2)12(14)9-13(15)11(7-3)8-4;/h1-8,10-17H,18-21H2;9-11,14H,5-8H2,1-4H3;/q-1;;/b;12-9-;. The Morgan fingerprint density at radius 2 is 1.35 bits per heavy atom. The Hall–Kier alpha value is -3.85. The van der Waals surface area contributed by atoms with E-state index in [-0.39, 0.29) is 43.5 Å². The number of fused-ring (bicyclic) bond motifs is 3. The van der Waals surface area contributed by atoms with E-state index in [2.05, 4.69) is 91.0 Å². The van der Waals surface area contributed by atoms with E-state index < -0.39 is 0 Å². The fourth-order valence-electron chi connectivity index (χ4n) is 7.91. The van der Waals surface area contributed by atoms with Gasteiger partial charge in [-0.2, -0.15) is 0 Å². The van der Waals surface area contributed by atoms with Crippen molar-refractivity contribution in [2.24, 2.45) is 17.3 Å². The zero-order valence-corrected chi connectivity index (χ0v) is 31.7. The van der Waals surface area contributed by atoms with Crippen molar-refractivity contribution in [3.63, 3.8) is 0 Å². The van der Waals surface area contributed by atoms with Crippen molar-refractivity contribution in [1.82, 2.24) is 4.98 Å². The third-order valence-corrected chi connectivity index (χ3v) is 10.7. The van der Waals surface area contributed by atoms with E-state index in [1.54, 1.807) is 11.1 Å². The third-order valence-electron chi connectivity index (χ3n) is 10.7. The van der Waals surface area contributed by atoms with Gasteiger partial charge in [0.1, 0.15) is 0 Å². The Bertz CT molecular complexity index is 1900. The van der Waals surface area contributed by atoms with E-state index >= 15 is 0 Å². The number of aliphatic hydroxyl groups is 1. The van der Waals surface area contributed by atoms with E-state index in [9.17, 15) is 9.90 Å². The van der Waals surface area contributed by atoms with E-state index in [0.717, 1.165) is 42.5 Å².